The number of aromatic nitrogens is 4. The molecular formula is C25H25FN6O. The fourth-order valence-electron chi connectivity index (χ4n) is 3.98. The van der Waals surface area contributed by atoms with Crippen LogP contribution in [0.2, 0.25) is 0 Å². The third-order valence-corrected chi connectivity index (χ3v) is 5.68. The van der Waals surface area contributed by atoms with Gasteiger partial charge in [-0.15, -0.1) is 0 Å². The second-order valence-corrected chi connectivity index (χ2v) is 8.05. The summed E-state index contributed by atoms with van der Waals surface area (Å²) in [5, 5.41) is 1.14. The van der Waals surface area contributed by atoms with Crippen molar-refractivity contribution in [3.05, 3.63) is 82.8 Å². The molecule has 0 atom stereocenters. The van der Waals surface area contributed by atoms with Crippen LogP contribution < -0.4 is 4.90 Å². The maximum Gasteiger partial charge on any atom is 0.229 e. The van der Waals surface area contributed by atoms with Crippen LogP contribution in [0.3, 0.4) is 0 Å². The van der Waals surface area contributed by atoms with Gasteiger partial charge in [-0.2, -0.15) is 9.97 Å². The fourth-order valence-corrected chi connectivity index (χ4v) is 3.98. The van der Waals surface area contributed by atoms with Crippen molar-refractivity contribution in [2.24, 2.45) is 4.99 Å². The lowest BCUT2D eigenvalue weighted by molar-refractivity contribution is 0.122. The average Bonchev–Trinajstić information content (AvgIpc) is 3.16. The van der Waals surface area contributed by atoms with Crippen molar-refractivity contribution in [2.45, 2.75) is 19.9 Å². The van der Waals surface area contributed by atoms with Gasteiger partial charge in [-0.1, -0.05) is 30.3 Å². The molecule has 0 radical (unpaired) electrons. The number of nitrogens with one attached hydrogen (secondary N) is 1. The SMILES string of the molecule is Cc1[nH]c2ccccc2c1C=NCc1nc(Cc2ccc(F)cc2)nc(N2CCOCC2)n1. The Labute approximate surface area is 191 Å². The first-order valence-electron chi connectivity index (χ1n) is 11.0. The Kier molecular flexibility index (Phi) is 6.08. The van der Waals surface area contributed by atoms with Crippen LogP contribution in [0.4, 0.5) is 10.3 Å². The number of hydrogen-bond donors (Lipinski definition) is 1. The minimum Gasteiger partial charge on any atom is -0.378 e. The summed E-state index contributed by atoms with van der Waals surface area (Å²) in [5.41, 5.74) is 4.17. The molecule has 1 saturated heterocycles. The number of aromatic amines is 1. The van der Waals surface area contributed by atoms with Crippen molar-refractivity contribution in [1.82, 2.24) is 19.9 Å². The van der Waals surface area contributed by atoms with Gasteiger partial charge in [-0.05, 0) is 30.7 Å². The molecule has 2 aromatic heterocycles. The molecule has 0 saturated carbocycles. The second-order valence-electron chi connectivity index (χ2n) is 8.05. The largest absolute Gasteiger partial charge is 0.378 e. The van der Waals surface area contributed by atoms with E-state index in [-0.39, 0.29) is 5.82 Å². The molecule has 7 nitrogen and oxygen atoms in total. The highest BCUT2D eigenvalue weighted by Gasteiger charge is 2.17. The first kappa shape index (κ1) is 21.2. The van der Waals surface area contributed by atoms with Crippen LogP contribution in [-0.4, -0.2) is 52.5 Å². The van der Waals surface area contributed by atoms with Crippen molar-refractivity contribution in [1.29, 1.82) is 0 Å². The lowest BCUT2D eigenvalue weighted by atomic mass is 10.1. The molecule has 1 fully saturated rings. The van der Waals surface area contributed by atoms with Crippen LogP contribution in [0.25, 0.3) is 10.9 Å². The van der Waals surface area contributed by atoms with E-state index in [2.05, 4.69) is 42.0 Å². The van der Waals surface area contributed by atoms with Gasteiger partial charge in [-0.3, -0.25) is 4.99 Å². The van der Waals surface area contributed by atoms with Gasteiger partial charge in [0, 0.05) is 47.9 Å². The molecule has 0 spiro atoms. The first-order chi connectivity index (χ1) is 16.2. The Morgan fingerprint density at radius 1 is 1.03 bits per heavy atom. The van der Waals surface area contributed by atoms with E-state index in [9.17, 15) is 4.39 Å². The quantitative estimate of drug-likeness (QED) is 0.457. The van der Waals surface area contributed by atoms with Crippen LogP contribution in [0, 0.1) is 12.7 Å². The number of morpholine rings is 1. The van der Waals surface area contributed by atoms with Crippen LogP contribution >= 0.6 is 0 Å². The Bertz CT molecular complexity index is 1280. The van der Waals surface area contributed by atoms with Crippen molar-refractivity contribution in [3.63, 3.8) is 0 Å². The Morgan fingerprint density at radius 3 is 2.61 bits per heavy atom. The van der Waals surface area contributed by atoms with Gasteiger partial charge in [0.1, 0.15) is 11.6 Å². The van der Waals surface area contributed by atoms with Crippen molar-refractivity contribution >= 4 is 23.1 Å². The molecule has 8 heteroatoms. The number of aliphatic imine (C=N–C) groups is 1. The number of fused-ring (bicyclic) bond motifs is 1. The minimum absolute atomic E-state index is 0.258. The summed E-state index contributed by atoms with van der Waals surface area (Å²) >= 11 is 0. The molecule has 1 aliphatic rings. The van der Waals surface area contributed by atoms with Crippen LogP contribution in [0.1, 0.15) is 28.5 Å². The van der Waals surface area contributed by atoms with E-state index in [0.29, 0.717) is 43.8 Å². The third kappa shape index (κ3) is 4.90. The lowest BCUT2D eigenvalue weighted by Gasteiger charge is -2.27. The zero-order valence-electron chi connectivity index (χ0n) is 18.5. The highest BCUT2D eigenvalue weighted by molar-refractivity contribution is 6.00. The van der Waals surface area contributed by atoms with E-state index in [0.717, 1.165) is 40.8 Å². The zero-order valence-corrected chi connectivity index (χ0v) is 18.5. The van der Waals surface area contributed by atoms with E-state index in [1.165, 1.54) is 12.1 Å². The monoisotopic (exact) mass is 444 g/mol. The third-order valence-electron chi connectivity index (χ3n) is 5.68. The van der Waals surface area contributed by atoms with E-state index in [1.54, 1.807) is 12.1 Å². The van der Waals surface area contributed by atoms with Crippen LogP contribution in [0.15, 0.2) is 53.5 Å². The van der Waals surface area contributed by atoms with Gasteiger partial charge in [0.25, 0.3) is 0 Å². The second kappa shape index (κ2) is 9.46. The molecule has 5 rings (SSSR count). The maximum absolute atomic E-state index is 13.3. The van der Waals surface area contributed by atoms with Crippen molar-refractivity contribution < 1.29 is 9.13 Å². The molecule has 1 N–H and O–H groups in total. The number of aryl methyl sites for hydroxylation is 1. The number of ether oxygens (including phenoxy) is 1. The average molecular weight is 445 g/mol. The van der Waals surface area contributed by atoms with Crippen molar-refractivity contribution in [2.75, 3.05) is 31.2 Å². The molecule has 33 heavy (non-hydrogen) atoms. The summed E-state index contributed by atoms with van der Waals surface area (Å²) in [7, 11) is 0. The Morgan fingerprint density at radius 2 is 1.79 bits per heavy atom. The van der Waals surface area contributed by atoms with E-state index >= 15 is 0 Å². The standard InChI is InChI=1S/C25H25FN6O/c1-17-21(20-4-2-3-5-22(20)28-17)15-27-16-24-29-23(14-18-6-8-19(26)9-7-18)30-25(31-24)32-10-12-33-13-11-32/h2-9,15,28H,10-14,16H2,1H3. The summed E-state index contributed by atoms with van der Waals surface area (Å²) in [5.74, 6) is 1.63. The van der Waals surface area contributed by atoms with E-state index in [1.807, 2.05) is 25.3 Å². The Balaban J connectivity index is 1.41. The number of hydrogen-bond acceptors (Lipinski definition) is 6. The molecule has 0 amide bonds. The van der Waals surface area contributed by atoms with Crippen molar-refractivity contribution in [3.8, 4) is 0 Å². The van der Waals surface area contributed by atoms with Gasteiger partial charge in [-0.25, -0.2) is 9.37 Å². The first-order valence-corrected chi connectivity index (χ1v) is 11.0. The van der Waals surface area contributed by atoms with Gasteiger partial charge >= 0.3 is 0 Å². The lowest BCUT2D eigenvalue weighted by Crippen LogP contribution is -2.37. The molecule has 4 aromatic rings. The van der Waals surface area contributed by atoms with E-state index < -0.39 is 0 Å². The predicted molar refractivity (Wildman–Crippen MR) is 126 cm³/mol. The molecule has 0 unspecified atom stereocenters. The topological polar surface area (TPSA) is 79.3 Å². The van der Waals surface area contributed by atoms with Gasteiger partial charge in [0.2, 0.25) is 5.95 Å². The van der Waals surface area contributed by atoms with Gasteiger partial charge in [0.05, 0.1) is 19.8 Å². The summed E-state index contributed by atoms with van der Waals surface area (Å²) in [4.78, 5) is 24.2. The fraction of sp³-hybridized carbons (Fsp3) is 0.280. The molecule has 0 bridgehead atoms. The molecule has 168 valence electrons. The highest BCUT2D eigenvalue weighted by atomic mass is 19.1. The number of rotatable bonds is 6. The summed E-state index contributed by atoms with van der Waals surface area (Å²) in [6, 6.07) is 14.6. The molecular weight excluding hydrogens is 419 g/mol. The predicted octanol–water partition coefficient (Wildman–Crippen LogP) is 3.85. The van der Waals surface area contributed by atoms with E-state index in [4.69, 9.17) is 4.74 Å². The van der Waals surface area contributed by atoms with Gasteiger partial charge < -0.3 is 14.6 Å². The van der Waals surface area contributed by atoms with Crippen LogP contribution in [0.5, 0.6) is 0 Å². The molecule has 1 aliphatic heterocycles. The molecule has 0 aliphatic carbocycles. The number of anilines is 1. The summed E-state index contributed by atoms with van der Waals surface area (Å²) in [6.07, 6.45) is 2.38. The minimum atomic E-state index is -0.258. The summed E-state index contributed by atoms with van der Waals surface area (Å²) < 4.78 is 18.8. The molecule has 3 heterocycles. The number of para-hydroxylation sites is 1. The molecule has 2 aromatic carbocycles. The maximum atomic E-state index is 13.3. The number of benzene rings is 2. The number of halogens is 1. The smallest absolute Gasteiger partial charge is 0.229 e. The highest BCUT2D eigenvalue weighted by Crippen LogP contribution is 2.20. The van der Waals surface area contributed by atoms with Crippen LogP contribution in [-0.2, 0) is 17.7 Å². The number of nitrogens with zero attached hydrogens (tertiary/aromatic N) is 5. The Hall–Kier alpha value is -3.65. The number of H-pyrrole nitrogens is 1. The normalized spacial score (nSPS) is 14.4. The zero-order chi connectivity index (χ0) is 22.6. The summed E-state index contributed by atoms with van der Waals surface area (Å²) in [6.45, 7) is 5.14. The van der Waals surface area contributed by atoms with Gasteiger partial charge in [0.15, 0.2) is 5.82 Å².